The SMILES string of the molecule is CCCO/N=C/c1ccc(OC)c(OCc2ccccc2)c1. The summed E-state index contributed by atoms with van der Waals surface area (Å²) in [6, 6.07) is 15.7. The van der Waals surface area contributed by atoms with Crippen LogP contribution < -0.4 is 9.47 Å². The van der Waals surface area contributed by atoms with Crippen LogP contribution in [-0.2, 0) is 11.4 Å². The maximum atomic E-state index is 5.85. The van der Waals surface area contributed by atoms with E-state index in [1.807, 2.05) is 55.5 Å². The van der Waals surface area contributed by atoms with Crippen LogP contribution in [0.2, 0.25) is 0 Å². The molecule has 0 bridgehead atoms. The van der Waals surface area contributed by atoms with Crippen molar-refractivity contribution in [1.29, 1.82) is 0 Å². The molecule has 0 N–H and O–H groups in total. The van der Waals surface area contributed by atoms with E-state index in [1.54, 1.807) is 13.3 Å². The molecule has 4 heteroatoms. The molecule has 0 fully saturated rings. The first-order valence-corrected chi connectivity index (χ1v) is 7.33. The predicted octanol–water partition coefficient (Wildman–Crippen LogP) is 4.03. The molecule has 22 heavy (non-hydrogen) atoms. The van der Waals surface area contributed by atoms with Crippen molar-refractivity contribution >= 4 is 6.21 Å². The zero-order valence-electron chi connectivity index (χ0n) is 13.0. The molecule has 116 valence electrons. The number of rotatable bonds is 8. The largest absolute Gasteiger partial charge is 0.493 e. The van der Waals surface area contributed by atoms with Gasteiger partial charge < -0.3 is 14.3 Å². The van der Waals surface area contributed by atoms with Crippen molar-refractivity contribution in [3.05, 3.63) is 59.7 Å². The molecule has 0 aliphatic carbocycles. The van der Waals surface area contributed by atoms with Crippen LogP contribution in [0.4, 0.5) is 0 Å². The Kier molecular flexibility index (Phi) is 6.30. The molecule has 0 aromatic heterocycles. The van der Waals surface area contributed by atoms with Crippen molar-refractivity contribution in [1.82, 2.24) is 0 Å². The first kappa shape index (κ1) is 15.9. The molecule has 0 aliphatic rings. The molecular formula is C18H21NO3. The summed E-state index contributed by atoms with van der Waals surface area (Å²) >= 11 is 0. The standard InChI is InChI=1S/C18H21NO3/c1-3-11-22-19-13-16-9-10-17(20-2)18(12-16)21-14-15-7-5-4-6-8-15/h4-10,12-13H,3,11,14H2,1-2H3/b19-13+. The lowest BCUT2D eigenvalue weighted by atomic mass is 10.2. The summed E-state index contributed by atoms with van der Waals surface area (Å²) in [5, 5.41) is 3.92. The number of methoxy groups -OCH3 is 1. The van der Waals surface area contributed by atoms with Gasteiger partial charge in [-0.2, -0.15) is 0 Å². The summed E-state index contributed by atoms with van der Waals surface area (Å²) in [5.74, 6) is 1.38. The maximum Gasteiger partial charge on any atom is 0.162 e. The fraction of sp³-hybridized carbons (Fsp3) is 0.278. The fourth-order valence-electron chi connectivity index (χ4n) is 1.86. The number of hydrogen-bond donors (Lipinski definition) is 0. The Morgan fingerprint density at radius 1 is 1.05 bits per heavy atom. The van der Waals surface area contributed by atoms with Crippen LogP contribution in [0.25, 0.3) is 0 Å². The lowest BCUT2D eigenvalue weighted by Crippen LogP contribution is -1.98. The van der Waals surface area contributed by atoms with E-state index in [-0.39, 0.29) is 0 Å². The molecule has 0 radical (unpaired) electrons. The molecular weight excluding hydrogens is 278 g/mol. The molecule has 2 aromatic rings. The Labute approximate surface area is 131 Å². The van der Waals surface area contributed by atoms with Crippen molar-refractivity contribution in [2.75, 3.05) is 13.7 Å². The Morgan fingerprint density at radius 2 is 1.86 bits per heavy atom. The van der Waals surface area contributed by atoms with E-state index in [1.165, 1.54) is 0 Å². The summed E-state index contributed by atoms with van der Waals surface area (Å²) in [7, 11) is 1.63. The summed E-state index contributed by atoms with van der Waals surface area (Å²) in [6.07, 6.45) is 2.61. The highest BCUT2D eigenvalue weighted by Crippen LogP contribution is 2.28. The van der Waals surface area contributed by atoms with Crippen LogP contribution in [0, 0.1) is 0 Å². The zero-order chi connectivity index (χ0) is 15.6. The average Bonchev–Trinajstić information content (AvgIpc) is 2.58. The molecule has 2 aromatic carbocycles. The first-order chi connectivity index (χ1) is 10.8. The Bertz CT molecular complexity index is 597. The van der Waals surface area contributed by atoms with Crippen LogP contribution in [0.3, 0.4) is 0 Å². The summed E-state index contributed by atoms with van der Waals surface area (Å²) in [6.45, 7) is 3.15. The van der Waals surface area contributed by atoms with Gasteiger partial charge in [-0.15, -0.1) is 0 Å². The summed E-state index contributed by atoms with van der Waals surface area (Å²) < 4.78 is 11.2. The molecule has 0 unspecified atom stereocenters. The van der Waals surface area contributed by atoms with Gasteiger partial charge in [-0.1, -0.05) is 42.4 Å². The van der Waals surface area contributed by atoms with Crippen LogP contribution in [0.5, 0.6) is 11.5 Å². The van der Waals surface area contributed by atoms with Crippen LogP contribution in [-0.4, -0.2) is 19.9 Å². The van der Waals surface area contributed by atoms with Gasteiger partial charge in [-0.25, -0.2) is 0 Å². The Morgan fingerprint density at radius 3 is 2.59 bits per heavy atom. The van der Waals surface area contributed by atoms with Crippen molar-refractivity contribution in [2.45, 2.75) is 20.0 Å². The molecule has 0 spiro atoms. The van der Waals surface area contributed by atoms with Gasteiger partial charge >= 0.3 is 0 Å². The third-order valence-corrected chi connectivity index (χ3v) is 3.00. The maximum absolute atomic E-state index is 5.85. The number of benzene rings is 2. The van der Waals surface area contributed by atoms with Gasteiger partial charge in [0.25, 0.3) is 0 Å². The third-order valence-electron chi connectivity index (χ3n) is 3.00. The smallest absolute Gasteiger partial charge is 0.162 e. The second-order valence-electron chi connectivity index (χ2n) is 4.75. The molecule has 0 saturated carbocycles. The van der Waals surface area contributed by atoms with E-state index in [0.29, 0.717) is 24.7 Å². The number of hydrogen-bond acceptors (Lipinski definition) is 4. The topological polar surface area (TPSA) is 40.0 Å². The van der Waals surface area contributed by atoms with E-state index < -0.39 is 0 Å². The minimum absolute atomic E-state index is 0.490. The van der Waals surface area contributed by atoms with E-state index in [4.69, 9.17) is 14.3 Å². The fourth-order valence-corrected chi connectivity index (χ4v) is 1.86. The molecule has 0 atom stereocenters. The van der Waals surface area contributed by atoms with Gasteiger partial charge in [0, 0.05) is 5.56 Å². The van der Waals surface area contributed by atoms with Crippen LogP contribution >= 0.6 is 0 Å². The third kappa shape index (κ3) is 4.81. The molecule has 4 nitrogen and oxygen atoms in total. The second-order valence-corrected chi connectivity index (χ2v) is 4.75. The Hall–Kier alpha value is -2.49. The molecule has 0 aliphatic heterocycles. The average molecular weight is 299 g/mol. The van der Waals surface area contributed by atoms with E-state index in [9.17, 15) is 0 Å². The second kappa shape index (κ2) is 8.72. The number of nitrogens with zero attached hydrogens (tertiary/aromatic N) is 1. The summed E-state index contributed by atoms with van der Waals surface area (Å²) in [4.78, 5) is 5.11. The monoisotopic (exact) mass is 299 g/mol. The zero-order valence-corrected chi connectivity index (χ0v) is 13.0. The minimum atomic E-state index is 0.490. The van der Waals surface area contributed by atoms with Crippen molar-refractivity contribution in [3.8, 4) is 11.5 Å². The van der Waals surface area contributed by atoms with E-state index in [2.05, 4.69) is 5.16 Å². The highest BCUT2D eigenvalue weighted by molar-refractivity contribution is 5.80. The number of oxime groups is 1. The normalized spacial score (nSPS) is 10.6. The molecule has 0 amide bonds. The predicted molar refractivity (Wildman–Crippen MR) is 87.6 cm³/mol. The van der Waals surface area contributed by atoms with Crippen molar-refractivity contribution in [2.24, 2.45) is 5.16 Å². The Balaban J connectivity index is 2.05. The van der Waals surface area contributed by atoms with E-state index >= 15 is 0 Å². The van der Waals surface area contributed by atoms with Gasteiger partial charge in [0.2, 0.25) is 0 Å². The van der Waals surface area contributed by atoms with Crippen molar-refractivity contribution < 1.29 is 14.3 Å². The van der Waals surface area contributed by atoms with Crippen LogP contribution in [0.1, 0.15) is 24.5 Å². The first-order valence-electron chi connectivity index (χ1n) is 7.33. The molecule has 0 saturated heterocycles. The molecule has 2 rings (SSSR count). The van der Waals surface area contributed by atoms with Crippen LogP contribution in [0.15, 0.2) is 53.7 Å². The van der Waals surface area contributed by atoms with Crippen molar-refractivity contribution in [3.63, 3.8) is 0 Å². The van der Waals surface area contributed by atoms with Gasteiger partial charge in [0.05, 0.1) is 13.3 Å². The quantitative estimate of drug-likeness (QED) is 0.419. The lowest BCUT2D eigenvalue weighted by Gasteiger charge is -2.11. The van der Waals surface area contributed by atoms with E-state index in [0.717, 1.165) is 17.5 Å². The molecule has 0 heterocycles. The van der Waals surface area contributed by atoms with Gasteiger partial charge in [0.1, 0.15) is 13.2 Å². The number of ether oxygens (including phenoxy) is 2. The van der Waals surface area contributed by atoms with Gasteiger partial charge in [0.15, 0.2) is 11.5 Å². The highest BCUT2D eigenvalue weighted by Gasteiger charge is 2.05. The minimum Gasteiger partial charge on any atom is -0.493 e. The van der Waals surface area contributed by atoms with Gasteiger partial charge in [-0.3, -0.25) is 0 Å². The lowest BCUT2D eigenvalue weighted by molar-refractivity contribution is 0.146. The summed E-state index contributed by atoms with van der Waals surface area (Å²) in [5.41, 5.74) is 2.01. The highest BCUT2D eigenvalue weighted by atomic mass is 16.6. The van der Waals surface area contributed by atoms with Gasteiger partial charge in [-0.05, 0) is 30.2 Å².